The second kappa shape index (κ2) is 11.0. The molecule has 1 aliphatic rings. The van der Waals surface area contributed by atoms with Crippen molar-refractivity contribution >= 4 is 16.8 Å². The van der Waals surface area contributed by atoms with Crippen LogP contribution < -0.4 is 5.69 Å². The number of piperidine rings is 1. The van der Waals surface area contributed by atoms with E-state index >= 15 is 0 Å². The van der Waals surface area contributed by atoms with Gasteiger partial charge >= 0.3 is 5.69 Å². The normalized spacial score (nSPS) is 14.7. The van der Waals surface area contributed by atoms with Gasteiger partial charge in [0.15, 0.2) is 5.78 Å². The lowest BCUT2D eigenvalue weighted by Crippen LogP contribution is -2.39. The van der Waals surface area contributed by atoms with Crippen LogP contribution in [-0.4, -0.2) is 49.6 Å². The number of carbonyl (C=O) groups excluding carboxylic acids is 1. The molecular weight excluding hydrogens is 509 g/mol. The van der Waals surface area contributed by atoms with Gasteiger partial charge in [-0.25, -0.2) is 9.18 Å². The first-order valence-corrected chi connectivity index (χ1v) is 13.6. The number of fused-ring (bicyclic) bond motifs is 1. The van der Waals surface area contributed by atoms with E-state index in [1.807, 2.05) is 57.7 Å². The lowest BCUT2D eigenvalue weighted by Gasteiger charge is -2.31. The highest BCUT2D eigenvalue weighted by atomic mass is 19.1. The van der Waals surface area contributed by atoms with E-state index in [4.69, 9.17) is 4.52 Å². The summed E-state index contributed by atoms with van der Waals surface area (Å²) in [6.45, 7) is 5.08. The summed E-state index contributed by atoms with van der Waals surface area (Å²) < 4.78 is 22.0. The third-order valence-electron chi connectivity index (χ3n) is 7.73. The first-order valence-electron chi connectivity index (χ1n) is 13.6. The number of Topliss-reactive ketones (excluding diaryl/α,β-unsaturated/α-hetero) is 1. The Hall–Kier alpha value is -4.37. The molecule has 0 bridgehead atoms. The number of aryl methyl sites for hydroxylation is 1. The molecule has 0 amide bonds. The van der Waals surface area contributed by atoms with E-state index in [-0.39, 0.29) is 23.2 Å². The Morgan fingerprint density at radius 1 is 0.925 bits per heavy atom. The van der Waals surface area contributed by atoms with Gasteiger partial charge in [0.1, 0.15) is 5.82 Å². The second-order valence-corrected chi connectivity index (χ2v) is 10.3. The third-order valence-corrected chi connectivity index (χ3v) is 7.73. The van der Waals surface area contributed by atoms with Crippen LogP contribution in [0.1, 0.15) is 34.7 Å². The molecule has 0 radical (unpaired) electrons. The molecule has 40 heavy (non-hydrogen) atoms. The molecule has 0 spiro atoms. The van der Waals surface area contributed by atoms with Crippen LogP contribution >= 0.6 is 0 Å². The van der Waals surface area contributed by atoms with Gasteiger partial charge in [0.05, 0.1) is 17.6 Å². The second-order valence-electron chi connectivity index (χ2n) is 10.3. The number of rotatable bonds is 8. The summed E-state index contributed by atoms with van der Waals surface area (Å²) in [6, 6.07) is 21.5. The molecule has 9 heteroatoms. The predicted octanol–water partition coefficient (Wildman–Crippen LogP) is 4.94. The van der Waals surface area contributed by atoms with Crippen molar-refractivity contribution in [2.24, 2.45) is 5.92 Å². The van der Waals surface area contributed by atoms with Gasteiger partial charge in [-0.2, -0.15) is 4.98 Å². The topological polar surface area (TPSA) is 86.2 Å². The first kappa shape index (κ1) is 25.9. The van der Waals surface area contributed by atoms with E-state index in [0.29, 0.717) is 30.4 Å². The minimum absolute atomic E-state index is 0.0413. The summed E-state index contributed by atoms with van der Waals surface area (Å²) in [5, 5.41) is 3.97. The molecule has 1 aliphatic heterocycles. The number of likely N-dealkylation sites (tertiary alicyclic amines) is 1. The van der Waals surface area contributed by atoms with E-state index < -0.39 is 0 Å². The van der Waals surface area contributed by atoms with Crippen molar-refractivity contribution in [3.05, 3.63) is 106 Å². The highest BCUT2D eigenvalue weighted by Crippen LogP contribution is 2.23. The van der Waals surface area contributed by atoms with Crippen LogP contribution in [-0.2, 0) is 13.1 Å². The molecule has 2 aromatic heterocycles. The number of nitrogens with zero attached hydrogens (tertiary/aromatic N) is 5. The van der Waals surface area contributed by atoms with Gasteiger partial charge in [0, 0.05) is 37.1 Å². The number of benzene rings is 3. The summed E-state index contributed by atoms with van der Waals surface area (Å²) in [7, 11) is 0. The Morgan fingerprint density at radius 2 is 1.60 bits per heavy atom. The summed E-state index contributed by atoms with van der Waals surface area (Å²) in [6.07, 6.45) is 1.51. The number of ketones is 1. The van der Waals surface area contributed by atoms with Crippen LogP contribution in [0.3, 0.4) is 0 Å². The fourth-order valence-corrected chi connectivity index (χ4v) is 5.51. The van der Waals surface area contributed by atoms with Gasteiger partial charge in [-0.3, -0.25) is 13.9 Å². The third kappa shape index (κ3) is 5.24. The van der Waals surface area contributed by atoms with Crippen molar-refractivity contribution < 1.29 is 13.7 Å². The maximum atomic E-state index is 13.6. The van der Waals surface area contributed by atoms with E-state index in [2.05, 4.69) is 15.0 Å². The molecule has 0 unspecified atom stereocenters. The smallest absolute Gasteiger partial charge is 0.329 e. The molecule has 8 nitrogen and oxygen atoms in total. The number of para-hydroxylation sites is 2. The number of halogens is 1. The summed E-state index contributed by atoms with van der Waals surface area (Å²) in [5.41, 5.74) is 4.20. The molecule has 0 atom stereocenters. The predicted molar refractivity (Wildman–Crippen MR) is 150 cm³/mol. The zero-order chi connectivity index (χ0) is 27.6. The van der Waals surface area contributed by atoms with Gasteiger partial charge in [-0.15, -0.1) is 0 Å². The van der Waals surface area contributed by atoms with Crippen molar-refractivity contribution in [3.8, 4) is 11.4 Å². The number of carbonyl (C=O) groups is 1. The van der Waals surface area contributed by atoms with Crippen LogP contribution in [0.15, 0.2) is 82.1 Å². The fourth-order valence-electron chi connectivity index (χ4n) is 5.51. The van der Waals surface area contributed by atoms with Crippen LogP contribution in [0.4, 0.5) is 4.39 Å². The Bertz CT molecular complexity index is 1690. The van der Waals surface area contributed by atoms with Gasteiger partial charge in [-0.05, 0) is 67.9 Å². The number of aromatic nitrogens is 4. The van der Waals surface area contributed by atoms with Crippen LogP contribution in [0.5, 0.6) is 0 Å². The van der Waals surface area contributed by atoms with Gasteiger partial charge < -0.3 is 9.42 Å². The van der Waals surface area contributed by atoms with E-state index in [1.165, 1.54) is 12.1 Å². The average molecular weight is 540 g/mol. The Labute approximate surface area is 230 Å². The quantitative estimate of drug-likeness (QED) is 0.260. The molecule has 0 saturated carbocycles. The molecule has 3 heterocycles. The molecule has 3 aromatic carbocycles. The molecule has 1 saturated heterocycles. The monoisotopic (exact) mass is 539 g/mol. The van der Waals surface area contributed by atoms with Crippen LogP contribution in [0, 0.1) is 18.7 Å². The zero-order valence-corrected chi connectivity index (χ0v) is 22.3. The highest BCUT2D eigenvalue weighted by molar-refractivity contribution is 5.97. The number of imidazole rings is 1. The molecule has 1 fully saturated rings. The van der Waals surface area contributed by atoms with E-state index in [0.717, 1.165) is 54.6 Å². The molecule has 0 N–H and O–H groups in total. The Balaban J connectivity index is 1.13. The summed E-state index contributed by atoms with van der Waals surface area (Å²) in [5.74, 6) is 0.751. The number of hydrogen-bond acceptors (Lipinski definition) is 6. The fraction of sp³-hybridized carbons (Fsp3) is 0.290. The van der Waals surface area contributed by atoms with Gasteiger partial charge in [-0.1, -0.05) is 41.6 Å². The molecular formula is C31H30FN5O3. The van der Waals surface area contributed by atoms with Crippen LogP contribution in [0.2, 0.25) is 0 Å². The van der Waals surface area contributed by atoms with Crippen molar-refractivity contribution in [1.29, 1.82) is 0 Å². The summed E-state index contributed by atoms with van der Waals surface area (Å²) >= 11 is 0. The van der Waals surface area contributed by atoms with Gasteiger partial charge in [0.25, 0.3) is 0 Å². The maximum Gasteiger partial charge on any atom is 0.329 e. The standard InChI is InChI=1S/C31H30FN5O3/c1-21-33-30(34-40-21)25-8-6-22(7-9-25)20-37-28-5-3-2-4-27(28)36(31(37)39)19-18-35-16-14-24(15-17-35)29(38)23-10-12-26(32)13-11-23/h2-13,24H,14-20H2,1H3. The lowest BCUT2D eigenvalue weighted by molar-refractivity contribution is 0.0837. The average Bonchev–Trinajstić information content (AvgIpc) is 3.53. The maximum absolute atomic E-state index is 13.6. The zero-order valence-electron chi connectivity index (χ0n) is 22.3. The van der Waals surface area contributed by atoms with Crippen molar-refractivity contribution in [1.82, 2.24) is 24.2 Å². The molecule has 0 aliphatic carbocycles. The SMILES string of the molecule is Cc1nc(-c2ccc(Cn3c(=O)n(CCN4CCC(C(=O)c5ccc(F)cc5)CC4)c4ccccc43)cc2)no1. The lowest BCUT2D eigenvalue weighted by atomic mass is 9.89. The minimum atomic E-state index is -0.337. The number of hydrogen-bond donors (Lipinski definition) is 0. The molecule has 5 aromatic rings. The minimum Gasteiger partial charge on any atom is -0.339 e. The van der Waals surface area contributed by atoms with Crippen molar-refractivity contribution in [3.63, 3.8) is 0 Å². The Morgan fingerprint density at radius 3 is 2.25 bits per heavy atom. The summed E-state index contributed by atoms with van der Waals surface area (Å²) in [4.78, 5) is 33.0. The van der Waals surface area contributed by atoms with E-state index in [9.17, 15) is 14.0 Å². The highest BCUT2D eigenvalue weighted by Gasteiger charge is 2.26. The Kier molecular flexibility index (Phi) is 7.13. The van der Waals surface area contributed by atoms with Crippen molar-refractivity contribution in [2.45, 2.75) is 32.9 Å². The van der Waals surface area contributed by atoms with Gasteiger partial charge in [0.2, 0.25) is 11.7 Å². The van der Waals surface area contributed by atoms with Crippen molar-refractivity contribution in [2.75, 3.05) is 19.6 Å². The largest absolute Gasteiger partial charge is 0.339 e. The van der Waals surface area contributed by atoms with Crippen LogP contribution in [0.25, 0.3) is 22.4 Å². The molecule has 204 valence electrons. The van der Waals surface area contributed by atoms with E-state index in [1.54, 1.807) is 19.1 Å². The first-order chi connectivity index (χ1) is 19.5. The molecule has 6 rings (SSSR count).